The highest BCUT2D eigenvalue weighted by Crippen LogP contribution is 2.30. The molecular weight excluding hydrogens is 332 g/mol. The predicted octanol–water partition coefficient (Wildman–Crippen LogP) is 2.65. The van der Waals surface area contributed by atoms with E-state index in [1.165, 1.54) is 5.56 Å². The van der Waals surface area contributed by atoms with Crippen LogP contribution in [0.3, 0.4) is 0 Å². The van der Waals surface area contributed by atoms with Crippen molar-refractivity contribution in [1.29, 1.82) is 0 Å². The summed E-state index contributed by atoms with van der Waals surface area (Å²) in [5, 5.41) is 6.26. The lowest BCUT2D eigenvalue weighted by molar-refractivity contribution is -0.121. The Kier molecular flexibility index (Phi) is 6.06. The SMILES string of the molecule is CCC(C)NC(=O)CCNCC1Cc2cc(Br)ccc2O1. The highest BCUT2D eigenvalue weighted by Gasteiger charge is 2.22. The fourth-order valence-electron chi connectivity index (χ4n) is 2.32. The van der Waals surface area contributed by atoms with Crippen molar-refractivity contribution in [3.63, 3.8) is 0 Å². The molecule has 0 saturated heterocycles. The van der Waals surface area contributed by atoms with Crippen LogP contribution in [0.1, 0.15) is 32.3 Å². The lowest BCUT2D eigenvalue weighted by Gasteiger charge is -2.13. The van der Waals surface area contributed by atoms with Gasteiger partial charge in [-0.25, -0.2) is 0 Å². The van der Waals surface area contributed by atoms with Crippen molar-refractivity contribution < 1.29 is 9.53 Å². The van der Waals surface area contributed by atoms with Gasteiger partial charge in [0, 0.05) is 36.4 Å². The summed E-state index contributed by atoms with van der Waals surface area (Å²) in [6, 6.07) is 6.35. The lowest BCUT2D eigenvalue weighted by Crippen LogP contribution is -2.36. The summed E-state index contributed by atoms with van der Waals surface area (Å²) in [5.41, 5.74) is 1.24. The number of hydrogen-bond acceptors (Lipinski definition) is 3. The first-order valence-electron chi connectivity index (χ1n) is 7.53. The van der Waals surface area contributed by atoms with Gasteiger partial charge in [-0.3, -0.25) is 4.79 Å². The molecule has 0 radical (unpaired) electrons. The van der Waals surface area contributed by atoms with E-state index in [4.69, 9.17) is 4.74 Å². The zero-order valence-electron chi connectivity index (χ0n) is 12.6. The zero-order chi connectivity index (χ0) is 15.2. The predicted molar refractivity (Wildman–Crippen MR) is 87.6 cm³/mol. The van der Waals surface area contributed by atoms with Gasteiger partial charge in [-0.15, -0.1) is 0 Å². The average Bonchev–Trinajstić information content (AvgIpc) is 2.85. The Morgan fingerprint density at radius 1 is 1.52 bits per heavy atom. The summed E-state index contributed by atoms with van der Waals surface area (Å²) in [6.45, 7) is 5.54. The van der Waals surface area contributed by atoms with E-state index >= 15 is 0 Å². The quantitative estimate of drug-likeness (QED) is 0.740. The van der Waals surface area contributed by atoms with Gasteiger partial charge >= 0.3 is 0 Å². The number of hydrogen-bond donors (Lipinski definition) is 2. The van der Waals surface area contributed by atoms with Gasteiger partial charge in [0.2, 0.25) is 5.91 Å². The summed E-state index contributed by atoms with van der Waals surface area (Å²) in [4.78, 5) is 11.6. The second-order valence-corrected chi connectivity index (χ2v) is 6.44. The highest BCUT2D eigenvalue weighted by molar-refractivity contribution is 9.10. The van der Waals surface area contributed by atoms with Crippen molar-refractivity contribution in [2.75, 3.05) is 13.1 Å². The Hall–Kier alpha value is -1.07. The summed E-state index contributed by atoms with van der Waals surface area (Å²) in [6.07, 6.45) is 2.55. The number of ether oxygens (including phenoxy) is 1. The van der Waals surface area contributed by atoms with E-state index in [1.54, 1.807) is 0 Å². The minimum atomic E-state index is 0.108. The van der Waals surface area contributed by atoms with Gasteiger partial charge in [-0.1, -0.05) is 22.9 Å². The number of carbonyl (C=O) groups excluding carboxylic acids is 1. The number of carbonyl (C=O) groups is 1. The average molecular weight is 355 g/mol. The molecule has 0 bridgehead atoms. The van der Waals surface area contributed by atoms with Gasteiger partial charge in [0.05, 0.1) is 0 Å². The van der Waals surface area contributed by atoms with Crippen molar-refractivity contribution in [2.45, 2.75) is 45.3 Å². The summed E-state index contributed by atoms with van der Waals surface area (Å²) >= 11 is 3.47. The molecule has 1 aliphatic heterocycles. The number of benzene rings is 1. The standard InChI is InChI=1S/C16H23BrN2O2/c1-3-11(2)19-16(20)6-7-18-10-14-9-12-8-13(17)4-5-15(12)21-14/h4-5,8,11,14,18H,3,6-7,9-10H2,1-2H3,(H,19,20). The van der Waals surface area contributed by atoms with E-state index in [-0.39, 0.29) is 18.1 Å². The van der Waals surface area contributed by atoms with Crippen molar-refractivity contribution in [2.24, 2.45) is 0 Å². The number of rotatable bonds is 7. The van der Waals surface area contributed by atoms with E-state index < -0.39 is 0 Å². The van der Waals surface area contributed by atoms with Crippen LogP contribution in [0, 0.1) is 0 Å². The first-order valence-corrected chi connectivity index (χ1v) is 8.33. The maximum Gasteiger partial charge on any atom is 0.221 e. The van der Waals surface area contributed by atoms with Gasteiger partial charge in [-0.2, -0.15) is 0 Å². The molecule has 21 heavy (non-hydrogen) atoms. The summed E-state index contributed by atoms with van der Waals surface area (Å²) in [5.74, 6) is 1.08. The Morgan fingerprint density at radius 3 is 3.10 bits per heavy atom. The first kappa shape index (κ1) is 16.3. The topological polar surface area (TPSA) is 50.4 Å². The van der Waals surface area contributed by atoms with Crippen LogP contribution in [0.4, 0.5) is 0 Å². The van der Waals surface area contributed by atoms with Crippen LogP contribution in [0.2, 0.25) is 0 Å². The van der Waals surface area contributed by atoms with E-state index in [0.717, 1.165) is 29.6 Å². The first-order chi connectivity index (χ1) is 10.1. The molecule has 0 spiro atoms. The fraction of sp³-hybridized carbons (Fsp3) is 0.562. The second-order valence-electron chi connectivity index (χ2n) is 5.53. The molecule has 4 nitrogen and oxygen atoms in total. The maximum absolute atomic E-state index is 11.6. The molecule has 0 fully saturated rings. The molecule has 1 aromatic rings. The number of halogens is 1. The van der Waals surface area contributed by atoms with Crippen LogP contribution in [0.15, 0.2) is 22.7 Å². The van der Waals surface area contributed by atoms with E-state index in [2.05, 4.69) is 39.6 Å². The fourth-order valence-corrected chi connectivity index (χ4v) is 2.73. The molecule has 1 amide bonds. The smallest absolute Gasteiger partial charge is 0.221 e. The van der Waals surface area contributed by atoms with Gasteiger partial charge < -0.3 is 15.4 Å². The Morgan fingerprint density at radius 2 is 2.33 bits per heavy atom. The highest BCUT2D eigenvalue weighted by atomic mass is 79.9. The number of nitrogens with one attached hydrogen (secondary N) is 2. The second kappa shape index (κ2) is 7.80. The van der Waals surface area contributed by atoms with Crippen LogP contribution < -0.4 is 15.4 Å². The number of fused-ring (bicyclic) bond motifs is 1. The molecule has 116 valence electrons. The third kappa shape index (κ3) is 5.00. The Bertz CT molecular complexity index is 493. The molecule has 2 atom stereocenters. The lowest BCUT2D eigenvalue weighted by atomic mass is 10.1. The van der Waals surface area contributed by atoms with Gasteiger partial charge in [-0.05, 0) is 37.1 Å². The Balaban J connectivity index is 1.64. The molecule has 5 heteroatoms. The zero-order valence-corrected chi connectivity index (χ0v) is 14.2. The molecule has 1 heterocycles. The van der Waals surface area contributed by atoms with Crippen molar-refractivity contribution in [1.82, 2.24) is 10.6 Å². The molecule has 2 unspecified atom stereocenters. The van der Waals surface area contributed by atoms with Crippen molar-refractivity contribution >= 4 is 21.8 Å². The minimum Gasteiger partial charge on any atom is -0.488 e. The summed E-state index contributed by atoms with van der Waals surface area (Å²) < 4.78 is 6.95. The monoisotopic (exact) mass is 354 g/mol. The van der Waals surface area contributed by atoms with Gasteiger partial charge in [0.25, 0.3) is 0 Å². The third-order valence-electron chi connectivity index (χ3n) is 3.68. The third-order valence-corrected chi connectivity index (χ3v) is 4.18. The molecule has 1 aromatic carbocycles. The number of amides is 1. The van der Waals surface area contributed by atoms with Crippen LogP contribution in [-0.2, 0) is 11.2 Å². The molecule has 2 N–H and O–H groups in total. The molecule has 0 aromatic heterocycles. The maximum atomic E-state index is 11.6. The normalized spacial score (nSPS) is 18.0. The van der Waals surface area contributed by atoms with Crippen LogP contribution >= 0.6 is 15.9 Å². The molecule has 0 saturated carbocycles. The van der Waals surface area contributed by atoms with Crippen molar-refractivity contribution in [3.8, 4) is 5.75 Å². The van der Waals surface area contributed by atoms with Crippen LogP contribution in [-0.4, -0.2) is 31.1 Å². The molecule has 0 aliphatic carbocycles. The largest absolute Gasteiger partial charge is 0.488 e. The van der Waals surface area contributed by atoms with E-state index in [0.29, 0.717) is 13.0 Å². The van der Waals surface area contributed by atoms with E-state index in [1.807, 2.05) is 19.1 Å². The van der Waals surface area contributed by atoms with Crippen molar-refractivity contribution in [3.05, 3.63) is 28.2 Å². The molecular formula is C16H23BrN2O2. The minimum absolute atomic E-state index is 0.108. The van der Waals surface area contributed by atoms with Crippen LogP contribution in [0.5, 0.6) is 5.75 Å². The Labute approximate surface area is 134 Å². The van der Waals surface area contributed by atoms with Gasteiger partial charge in [0.15, 0.2) is 0 Å². The van der Waals surface area contributed by atoms with Crippen LogP contribution in [0.25, 0.3) is 0 Å². The molecule has 2 rings (SSSR count). The summed E-state index contributed by atoms with van der Waals surface area (Å²) in [7, 11) is 0. The van der Waals surface area contributed by atoms with E-state index in [9.17, 15) is 4.79 Å². The molecule has 1 aliphatic rings. The van der Waals surface area contributed by atoms with Gasteiger partial charge in [0.1, 0.15) is 11.9 Å².